The summed E-state index contributed by atoms with van der Waals surface area (Å²) in [5, 5.41) is 3.26. The maximum atomic E-state index is 12.5. The lowest BCUT2D eigenvalue weighted by Crippen LogP contribution is -2.45. The number of hydrogen-bond acceptors (Lipinski definition) is 5. The van der Waals surface area contributed by atoms with Gasteiger partial charge in [-0.15, -0.1) is 0 Å². The number of nitrogens with one attached hydrogen (secondary N) is 1. The SMILES string of the molecule is COC(=O)c1ccc(COC(=O)[C@@H](NC(=O)c2ccc(Cl)cc2Cl)C(C)C)cc1. The third-order valence-electron chi connectivity index (χ3n) is 4.14. The molecule has 8 heteroatoms. The summed E-state index contributed by atoms with van der Waals surface area (Å²) in [6.45, 7) is 3.59. The van der Waals surface area contributed by atoms with E-state index in [2.05, 4.69) is 10.1 Å². The zero-order chi connectivity index (χ0) is 21.6. The summed E-state index contributed by atoms with van der Waals surface area (Å²) < 4.78 is 9.98. The molecule has 29 heavy (non-hydrogen) atoms. The van der Waals surface area contributed by atoms with Crippen molar-refractivity contribution in [1.29, 1.82) is 0 Å². The highest BCUT2D eigenvalue weighted by Crippen LogP contribution is 2.21. The molecule has 2 aromatic carbocycles. The molecule has 2 rings (SSSR count). The highest BCUT2D eigenvalue weighted by Gasteiger charge is 2.27. The van der Waals surface area contributed by atoms with Crippen molar-refractivity contribution in [1.82, 2.24) is 5.32 Å². The van der Waals surface area contributed by atoms with Crippen LogP contribution in [0.1, 0.15) is 40.1 Å². The number of halogens is 2. The smallest absolute Gasteiger partial charge is 0.337 e. The van der Waals surface area contributed by atoms with Gasteiger partial charge in [0.1, 0.15) is 12.6 Å². The van der Waals surface area contributed by atoms with E-state index in [9.17, 15) is 14.4 Å². The molecule has 0 saturated carbocycles. The molecule has 0 heterocycles. The number of amides is 1. The van der Waals surface area contributed by atoms with E-state index in [1.807, 2.05) is 0 Å². The van der Waals surface area contributed by atoms with Gasteiger partial charge in [0.15, 0.2) is 0 Å². The predicted octanol–water partition coefficient (Wildman–Crippen LogP) is 4.28. The van der Waals surface area contributed by atoms with Crippen LogP contribution in [0, 0.1) is 5.92 Å². The Morgan fingerprint density at radius 3 is 2.24 bits per heavy atom. The van der Waals surface area contributed by atoms with Crippen molar-refractivity contribution in [2.75, 3.05) is 7.11 Å². The highest BCUT2D eigenvalue weighted by atomic mass is 35.5. The van der Waals surface area contributed by atoms with Crippen LogP contribution in [0.3, 0.4) is 0 Å². The van der Waals surface area contributed by atoms with E-state index in [1.54, 1.807) is 44.2 Å². The molecule has 0 aliphatic rings. The summed E-state index contributed by atoms with van der Waals surface area (Å²) >= 11 is 11.9. The zero-order valence-corrected chi connectivity index (χ0v) is 17.7. The number of hydrogen-bond donors (Lipinski definition) is 1. The fourth-order valence-electron chi connectivity index (χ4n) is 2.49. The van der Waals surface area contributed by atoms with Crippen molar-refractivity contribution < 1.29 is 23.9 Å². The van der Waals surface area contributed by atoms with Crippen LogP contribution in [-0.2, 0) is 20.9 Å². The van der Waals surface area contributed by atoms with Crippen molar-refractivity contribution in [2.45, 2.75) is 26.5 Å². The van der Waals surface area contributed by atoms with E-state index in [0.717, 1.165) is 0 Å². The molecule has 0 aromatic heterocycles. The van der Waals surface area contributed by atoms with Crippen molar-refractivity contribution in [3.8, 4) is 0 Å². The van der Waals surface area contributed by atoms with Crippen molar-refractivity contribution in [2.24, 2.45) is 5.92 Å². The van der Waals surface area contributed by atoms with E-state index in [4.69, 9.17) is 27.9 Å². The van der Waals surface area contributed by atoms with Gasteiger partial charge in [-0.05, 0) is 41.8 Å². The molecule has 0 spiro atoms. The van der Waals surface area contributed by atoms with E-state index in [-0.39, 0.29) is 23.1 Å². The quantitative estimate of drug-likeness (QED) is 0.653. The van der Waals surface area contributed by atoms with Gasteiger partial charge in [0, 0.05) is 5.02 Å². The van der Waals surface area contributed by atoms with Crippen molar-refractivity contribution in [3.63, 3.8) is 0 Å². The van der Waals surface area contributed by atoms with Crippen LogP contribution in [0.4, 0.5) is 0 Å². The van der Waals surface area contributed by atoms with Crippen LogP contribution in [0.25, 0.3) is 0 Å². The maximum Gasteiger partial charge on any atom is 0.337 e. The molecule has 0 aliphatic carbocycles. The van der Waals surface area contributed by atoms with Gasteiger partial charge >= 0.3 is 11.9 Å². The fourth-order valence-corrected chi connectivity index (χ4v) is 2.98. The lowest BCUT2D eigenvalue weighted by atomic mass is 10.0. The minimum Gasteiger partial charge on any atom is -0.465 e. The first-order valence-corrected chi connectivity index (χ1v) is 9.58. The number of ether oxygens (including phenoxy) is 2. The monoisotopic (exact) mass is 437 g/mol. The van der Waals surface area contributed by atoms with Gasteiger partial charge in [-0.25, -0.2) is 9.59 Å². The Morgan fingerprint density at radius 2 is 1.69 bits per heavy atom. The first-order chi connectivity index (χ1) is 13.7. The second kappa shape index (κ2) is 10.3. The molecule has 0 aliphatic heterocycles. The molecular formula is C21H21Cl2NO5. The third-order valence-corrected chi connectivity index (χ3v) is 4.69. The fraction of sp³-hybridized carbons (Fsp3) is 0.286. The normalized spacial score (nSPS) is 11.7. The van der Waals surface area contributed by atoms with Gasteiger partial charge in [0.25, 0.3) is 5.91 Å². The molecule has 1 amide bonds. The lowest BCUT2D eigenvalue weighted by molar-refractivity contribution is -0.148. The van der Waals surface area contributed by atoms with Gasteiger partial charge in [-0.3, -0.25) is 4.79 Å². The molecule has 154 valence electrons. The van der Waals surface area contributed by atoms with Crippen LogP contribution in [0.15, 0.2) is 42.5 Å². The van der Waals surface area contributed by atoms with E-state index in [1.165, 1.54) is 19.2 Å². The highest BCUT2D eigenvalue weighted by molar-refractivity contribution is 6.36. The number of carbonyl (C=O) groups is 3. The topological polar surface area (TPSA) is 81.7 Å². The Hall–Kier alpha value is -2.57. The van der Waals surface area contributed by atoms with E-state index >= 15 is 0 Å². The molecule has 1 N–H and O–H groups in total. The second-order valence-corrected chi connectivity index (χ2v) is 7.46. The second-order valence-electron chi connectivity index (χ2n) is 6.62. The number of carbonyl (C=O) groups excluding carboxylic acids is 3. The Kier molecular flexibility index (Phi) is 8.05. The van der Waals surface area contributed by atoms with Crippen molar-refractivity contribution in [3.05, 3.63) is 69.2 Å². The molecule has 6 nitrogen and oxygen atoms in total. The van der Waals surface area contributed by atoms with Crippen LogP contribution >= 0.6 is 23.2 Å². The average molecular weight is 438 g/mol. The summed E-state index contributed by atoms with van der Waals surface area (Å²) in [5.74, 6) is -1.73. The van der Waals surface area contributed by atoms with Gasteiger partial charge in [0.05, 0.1) is 23.3 Å². The minimum atomic E-state index is -0.858. The van der Waals surface area contributed by atoms with E-state index in [0.29, 0.717) is 16.1 Å². The Balaban J connectivity index is 2.02. The first kappa shape index (κ1) is 22.7. The summed E-state index contributed by atoms with van der Waals surface area (Å²) in [5.41, 5.74) is 1.31. The predicted molar refractivity (Wildman–Crippen MR) is 110 cm³/mol. The molecule has 0 fully saturated rings. The standard InChI is InChI=1S/C21H21Cl2NO5/c1-12(2)18(24-19(25)16-9-8-15(22)10-17(16)23)21(27)29-11-13-4-6-14(7-5-13)20(26)28-3/h4-10,12,18H,11H2,1-3H3,(H,24,25)/t18-/m0/s1. The number of rotatable bonds is 7. The van der Waals surface area contributed by atoms with Gasteiger partial charge < -0.3 is 14.8 Å². The number of esters is 2. The first-order valence-electron chi connectivity index (χ1n) is 8.82. The Labute approximate surface area is 179 Å². The number of methoxy groups -OCH3 is 1. The molecular weight excluding hydrogens is 417 g/mol. The molecule has 2 aromatic rings. The van der Waals surface area contributed by atoms with Gasteiger partial charge in [-0.2, -0.15) is 0 Å². The molecule has 0 bridgehead atoms. The molecule has 0 radical (unpaired) electrons. The molecule has 1 atom stereocenters. The molecule has 0 saturated heterocycles. The average Bonchev–Trinajstić information content (AvgIpc) is 2.69. The summed E-state index contributed by atoms with van der Waals surface area (Å²) in [4.78, 5) is 36.5. The summed E-state index contributed by atoms with van der Waals surface area (Å²) in [6, 6.07) is 10.1. The van der Waals surface area contributed by atoms with Crippen LogP contribution in [0.5, 0.6) is 0 Å². The van der Waals surface area contributed by atoms with Crippen LogP contribution < -0.4 is 5.32 Å². The van der Waals surface area contributed by atoms with Gasteiger partial charge in [-0.1, -0.05) is 49.2 Å². The molecule has 0 unspecified atom stereocenters. The van der Waals surface area contributed by atoms with Gasteiger partial charge in [0.2, 0.25) is 0 Å². The largest absolute Gasteiger partial charge is 0.465 e. The zero-order valence-electron chi connectivity index (χ0n) is 16.2. The van der Waals surface area contributed by atoms with E-state index < -0.39 is 23.9 Å². The number of benzene rings is 2. The van der Waals surface area contributed by atoms with Crippen LogP contribution in [-0.4, -0.2) is 31.0 Å². The van der Waals surface area contributed by atoms with Crippen LogP contribution in [0.2, 0.25) is 10.0 Å². The maximum absolute atomic E-state index is 12.5. The Bertz CT molecular complexity index is 896. The minimum absolute atomic E-state index is 0.00107. The Morgan fingerprint density at radius 1 is 1.03 bits per heavy atom. The summed E-state index contributed by atoms with van der Waals surface area (Å²) in [6.07, 6.45) is 0. The third kappa shape index (κ3) is 6.21. The lowest BCUT2D eigenvalue weighted by Gasteiger charge is -2.21. The summed E-state index contributed by atoms with van der Waals surface area (Å²) in [7, 11) is 1.30. The van der Waals surface area contributed by atoms with Crippen molar-refractivity contribution >= 4 is 41.0 Å².